The van der Waals surface area contributed by atoms with Crippen LogP contribution in [-0.2, 0) is 16.1 Å². The van der Waals surface area contributed by atoms with Crippen LogP contribution in [0, 0.1) is 6.92 Å². The summed E-state index contributed by atoms with van der Waals surface area (Å²) in [5.74, 6) is -0.189. The van der Waals surface area contributed by atoms with Gasteiger partial charge in [0.15, 0.2) is 0 Å². The number of pyridine rings is 1. The highest BCUT2D eigenvalue weighted by molar-refractivity contribution is 6.46. The minimum absolute atomic E-state index is 0.0529. The number of unbranched alkanes of at least 4 members (excludes halogenated alkanes) is 1. The Labute approximate surface area is 217 Å². The molecule has 2 heterocycles. The van der Waals surface area contributed by atoms with Crippen LogP contribution in [0.15, 0.2) is 72.6 Å². The molecule has 1 fully saturated rings. The number of aromatic nitrogens is 1. The van der Waals surface area contributed by atoms with Gasteiger partial charge in [-0.05, 0) is 73.4 Å². The molecule has 1 aliphatic rings. The maximum absolute atomic E-state index is 13.3. The summed E-state index contributed by atoms with van der Waals surface area (Å²) in [6, 6.07) is 15.4. The average molecular weight is 501 g/mol. The van der Waals surface area contributed by atoms with Gasteiger partial charge in [0.05, 0.1) is 24.8 Å². The van der Waals surface area contributed by atoms with Gasteiger partial charge in [-0.2, -0.15) is 0 Å². The van der Waals surface area contributed by atoms with E-state index < -0.39 is 17.7 Å². The highest BCUT2D eigenvalue weighted by atomic mass is 16.5. The van der Waals surface area contributed by atoms with Crippen LogP contribution in [0.3, 0.4) is 0 Å². The van der Waals surface area contributed by atoms with E-state index in [0.29, 0.717) is 30.1 Å². The number of nitrogens with zero attached hydrogens (tertiary/aromatic N) is 2. The lowest BCUT2D eigenvalue weighted by atomic mass is 9.94. The summed E-state index contributed by atoms with van der Waals surface area (Å²) in [5, 5.41) is 11.4. The van der Waals surface area contributed by atoms with Crippen LogP contribution < -0.4 is 9.47 Å². The number of carbonyl (C=O) groups excluding carboxylic acids is 2. The molecule has 3 aromatic rings. The van der Waals surface area contributed by atoms with Crippen LogP contribution in [0.2, 0.25) is 0 Å². The summed E-state index contributed by atoms with van der Waals surface area (Å²) in [7, 11) is 0. The Balaban J connectivity index is 1.77. The summed E-state index contributed by atoms with van der Waals surface area (Å²) in [6.07, 6.45) is 5.29. The number of hydrogen-bond donors (Lipinski definition) is 1. The van der Waals surface area contributed by atoms with Crippen molar-refractivity contribution in [3.05, 3.63) is 94.8 Å². The summed E-state index contributed by atoms with van der Waals surface area (Å²) >= 11 is 0. The van der Waals surface area contributed by atoms with Gasteiger partial charge in [-0.3, -0.25) is 14.6 Å². The van der Waals surface area contributed by atoms with Crippen molar-refractivity contribution in [3.8, 4) is 11.5 Å². The maximum atomic E-state index is 13.3. The van der Waals surface area contributed by atoms with Gasteiger partial charge in [0.25, 0.3) is 11.7 Å². The van der Waals surface area contributed by atoms with Crippen LogP contribution in [0.25, 0.3) is 5.76 Å². The number of benzene rings is 2. The number of likely N-dealkylation sites (tertiary alicyclic amines) is 1. The molecule has 4 rings (SSSR count). The fraction of sp³-hybridized carbons (Fsp3) is 0.300. The van der Waals surface area contributed by atoms with E-state index in [0.717, 1.165) is 29.7 Å². The summed E-state index contributed by atoms with van der Waals surface area (Å²) in [5.41, 5.74) is 2.82. The average Bonchev–Trinajstić information content (AvgIpc) is 3.15. The Bertz CT molecular complexity index is 1290. The molecule has 1 N–H and O–H groups in total. The van der Waals surface area contributed by atoms with E-state index in [4.69, 9.17) is 9.47 Å². The smallest absolute Gasteiger partial charge is 0.295 e. The number of ketones is 1. The lowest BCUT2D eigenvalue weighted by molar-refractivity contribution is -0.140. The molecule has 0 saturated carbocycles. The fourth-order valence-electron chi connectivity index (χ4n) is 4.43. The van der Waals surface area contributed by atoms with E-state index in [2.05, 4.69) is 11.9 Å². The molecule has 1 atom stereocenters. The van der Waals surface area contributed by atoms with Gasteiger partial charge >= 0.3 is 0 Å². The van der Waals surface area contributed by atoms with Crippen molar-refractivity contribution in [1.29, 1.82) is 0 Å². The molecule has 0 unspecified atom stereocenters. The van der Waals surface area contributed by atoms with E-state index in [1.807, 2.05) is 32.0 Å². The first kappa shape index (κ1) is 25.9. The van der Waals surface area contributed by atoms with E-state index in [1.54, 1.807) is 48.8 Å². The molecule has 1 aromatic heterocycles. The quantitative estimate of drug-likeness (QED) is 0.169. The van der Waals surface area contributed by atoms with E-state index in [-0.39, 0.29) is 17.9 Å². The van der Waals surface area contributed by atoms with Gasteiger partial charge in [-0.15, -0.1) is 0 Å². The van der Waals surface area contributed by atoms with Crippen LogP contribution in [0.4, 0.5) is 0 Å². The number of hydrogen-bond acceptors (Lipinski definition) is 6. The molecular weight excluding hydrogens is 468 g/mol. The van der Waals surface area contributed by atoms with Gasteiger partial charge in [0.2, 0.25) is 0 Å². The molecule has 7 heteroatoms. The lowest BCUT2D eigenvalue weighted by Crippen LogP contribution is -2.29. The Kier molecular flexibility index (Phi) is 8.23. The van der Waals surface area contributed by atoms with E-state index in [1.165, 1.54) is 4.90 Å². The van der Waals surface area contributed by atoms with Crippen LogP contribution in [0.1, 0.15) is 55.0 Å². The highest BCUT2D eigenvalue weighted by Gasteiger charge is 2.46. The standard InChI is InChI=1S/C30H32N2O5/c1-4-6-16-37-25-14-11-23(17-20(25)3)28(33)26-27(22-9-12-24(13-10-22)36-5-2)32(30(35)29(26)34)19-21-8-7-15-31-18-21/h7-15,17-18,27,33H,4-6,16,19H2,1-3H3/b28-26+/t27-/m1/s1. The summed E-state index contributed by atoms with van der Waals surface area (Å²) < 4.78 is 11.4. The highest BCUT2D eigenvalue weighted by Crippen LogP contribution is 2.41. The first-order valence-electron chi connectivity index (χ1n) is 12.6. The molecule has 1 amide bonds. The molecule has 2 aromatic carbocycles. The largest absolute Gasteiger partial charge is 0.507 e. The summed E-state index contributed by atoms with van der Waals surface area (Å²) in [4.78, 5) is 32.2. The van der Waals surface area contributed by atoms with Crippen molar-refractivity contribution < 1.29 is 24.2 Å². The number of aryl methyl sites for hydroxylation is 1. The van der Waals surface area contributed by atoms with Gasteiger partial charge in [-0.25, -0.2) is 0 Å². The summed E-state index contributed by atoms with van der Waals surface area (Å²) in [6.45, 7) is 7.20. The number of carbonyl (C=O) groups is 2. The number of rotatable bonds is 10. The van der Waals surface area contributed by atoms with E-state index >= 15 is 0 Å². The SMILES string of the molecule is CCCCOc1ccc(/C(O)=C2\C(=O)C(=O)N(Cc3cccnc3)[C@@H]2c2ccc(OCC)cc2)cc1C. The third-order valence-corrected chi connectivity index (χ3v) is 6.33. The zero-order valence-corrected chi connectivity index (χ0v) is 21.4. The van der Waals surface area contributed by atoms with Gasteiger partial charge < -0.3 is 19.5 Å². The number of amides is 1. The first-order valence-corrected chi connectivity index (χ1v) is 12.6. The Hall–Kier alpha value is -4.13. The normalized spacial score (nSPS) is 16.7. The molecule has 0 aliphatic carbocycles. The van der Waals surface area contributed by atoms with Crippen molar-refractivity contribution in [1.82, 2.24) is 9.88 Å². The topological polar surface area (TPSA) is 89.0 Å². The zero-order valence-electron chi connectivity index (χ0n) is 21.4. The van der Waals surface area contributed by atoms with Gasteiger partial charge in [0.1, 0.15) is 17.3 Å². The van der Waals surface area contributed by atoms with Crippen molar-refractivity contribution in [3.63, 3.8) is 0 Å². The molecule has 1 aliphatic heterocycles. The molecule has 0 spiro atoms. The predicted octanol–water partition coefficient (Wildman–Crippen LogP) is 5.59. The second kappa shape index (κ2) is 11.7. The van der Waals surface area contributed by atoms with Crippen molar-refractivity contribution >= 4 is 17.4 Å². The number of Topliss-reactive ketones (excluding diaryl/α,β-unsaturated/α-hetero) is 1. The molecule has 7 nitrogen and oxygen atoms in total. The fourth-order valence-corrected chi connectivity index (χ4v) is 4.43. The van der Waals surface area contributed by atoms with Crippen molar-refractivity contribution in [2.45, 2.75) is 46.2 Å². The Morgan fingerprint density at radius 3 is 2.49 bits per heavy atom. The number of aliphatic hydroxyl groups excluding tert-OH is 1. The van der Waals surface area contributed by atoms with Crippen molar-refractivity contribution in [2.75, 3.05) is 13.2 Å². The molecule has 37 heavy (non-hydrogen) atoms. The minimum atomic E-state index is -0.767. The second-order valence-corrected chi connectivity index (χ2v) is 8.97. The van der Waals surface area contributed by atoms with Crippen molar-refractivity contribution in [2.24, 2.45) is 0 Å². The lowest BCUT2D eigenvalue weighted by Gasteiger charge is -2.25. The molecule has 192 valence electrons. The third kappa shape index (κ3) is 5.66. The second-order valence-electron chi connectivity index (χ2n) is 8.97. The monoisotopic (exact) mass is 500 g/mol. The number of aliphatic hydroxyl groups is 1. The Morgan fingerprint density at radius 1 is 1.05 bits per heavy atom. The van der Waals surface area contributed by atoms with E-state index in [9.17, 15) is 14.7 Å². The molecule has 0 bridgehead atoms. The number of ether oxygens (including phenoxy) is 2. The predicted molar refractivity (Wildman–Crippen MR) is 141 cm³/mol. The Morgan fingerprint density at radius 2 is 1.84 bits per heavy atom. The first-order chi connectivity index (χ1) is 17.9. The van der Waals surface area contributed by atoms with Crippen LogP contribution in [0.5, 0.6) is 11.5 Å². The maximum Gasteiger partial charge on any atom is 0.295 e. The zero-order chi connectivity index (χ0) is 26.4. The molecule has 1 saturated heterocycles. The van der Waals surface area contributed by atoms with Crippen LogP contribution >= 0.6 is 0 Å². The molecule has 0 radical (unpaired) electrons. The van der Waals surface area contributed by atoms with Gasteiger partial charge in [0, 0.05) is 24.5 Å². The third-order valence-electron chi connectivity index (χ3n) is 6.33. The minimum Gasteiger partial charge on any atom is -0.507 e. The van der Waals surface area contributed by atoms with Gasteiger partial charge in [-0.1, -0.05) is 31.5 Å². The van der Waals surface area contributed by atoms with Crippen LogP contribution in [-0.4, -0.2) is 39.9 Å². The molecular formula is C30H32N2O5.